The average molecular weight is 350 g/mol. The van der Waals surface area contributed by atoms with Crippen LogP contribution in [-0.4, -0.2) is 42.2 Å². The number of morpholine rings is 1. The van der Waals surface area contributed by atoms with Gasteiger partial charge < -0.3 is 15.6 Å². The minimum Gasteiger partial charge on any atom is -0.507 e. The summed E-state index contributed by atoms with van der Waals surface area (Å²) >= 11 is 3.13. The van der Waals surface area contributed by atoms with Crippen molar-refractivity contribution >= 4 is 41.0 Å². The van der Waals surface area contributed by atoms with Crippen LogP contribution in [0.25, 0.3) is 0 Å². The van der Waals surface area contributed by atoms with Crippen LogP contribution in [0, 0.1) is 5.41 Å². The molecule has 1 aromatic rings. The van der Waals surface area contributed by atoms with Crippen LogP contribution in [0.15, 0.2) is 28.6 Å². The third kappa shape index (κ3) is 2.90. The number of phenols is 1. The van der Waals surface area contributed by atoms with Crippen molar-refractivity contribution in [1.29, 1.82) is 5.41 Å². The molecule has 4 N–H and O–H groups in total. The fourth-order valence-electron chi connectivity index (χ4n) is 1.99. The molecule has 0 spiro atoms. The zero-order valence-electron chi connectivity index (χ0n) is 11.3. The van der Waals surface area contributed by atoms with Crippen molar-refractivity contribution in [1.82, 2.24) is 4.90 Å². The van der Waals surface area contributed by atoms with Gasteiger partial charge in [-0.2, -0.15) is 0 Å². The molecule has 1 aromatic carbocycles. The highest BCUT2D eigenvalue weighted by atomic mass is 79.9. The Morgan fingerprint density at radius 3 is 2.90 bits per heavy atom. The molecule has 2 rings (SSSR count). The summed E-state index contributed by atoms with van der Waals surface area (Å²) in [6.45, 7) is 2.00. The molecule has 1 aliphatic rings. The van der Waals surface area contributed by atoms with Crippen LogP contribution in [-0.2, 0) is 4.74 Å². The number of nitrogens with zero attached hydrogens (tertiary/aromatic N) is 1. The Bertz CT molecular complexity index is 625. The molecular formula is C13H13BBrN3O3. The number of amidine groups is 1. The van der Waals surface area contributed by atoms with Crippen molar-refractivity contribution in [3.8, 4) is 5.75 Å². The summed E-state index contributed by atoms with van der Waals surface area (Å²) in [6.07, 6.45) is 0.870. The van der Waals surface area contributed by atoms with Gasteiger partial charge in [0.25, 0.3) is 5.91 Å². The normalized spacial score (nSPS) is 20.5. The number of nitrogens with two attached hydrogens (primary N) is 1. The van der Waals surface area contributed by atoms with E-state index in [1.54, 1.807) is 6.92 Å². The van der Waals surface area contributed by atoms with Crippen LogP contribution in [0.2, 0.25) is 0 Å². The van der Waals surface area contributed by atoms with E-state index < -0.39 is 5.91 Å². The van der Waals surface area contributed by atoms with Crippen LogP contribution in [0.5, 0.6) is 5.75 Å². The SMILES string of the molecule is [B]c1cc(C(=O)N2C[C@H](C)OC(=CN)C2=N)cc(Br)c1O. The Balaban J connectivity index is 2.37. The molecule has 1 atom stereocenters. The van der Waals surface area contributed by atoms with Crippen molar-refractivity contribution in [3.63, 3.8) is 0 Å². The number of rotatable bonds is 1. The van der Waals surface area contributed by atoms with Gasteiger partial charge in [-0.3, -0.25) is 15.1 Å². The first-order chi connectivity index (χ1) is 9.85. The van der Waals surface area contributed by atoms with Crippen LogP contribution >= 0.6 is 15.9 Å². The monoisotopic (exact) mass is 349 g/mol. The van der Waals surface area contributed by atoms with E-state index in [0.717, 1.165) is 6.20 Å². The maximum Gasteiger partial charge on any atom is 0.259 e. The summed E-state index contributed by atoms with van der Waals surface area (Å²) in [5.41, 5.74) is 5.73. The Labute approximate surface area is 131 Å². The van der Waals surface area contributed by atoms with Crippen LogP contribution in [0.3, 0.4) is 0 Å². The zero-order valence-corrected chi connectivity index (χ0v) is 12.8. The van der Waals surface area contributed by atoms with E-state index in [1.165, 1.54) is 17.0 Å². The van der Waals surface area contributed by atoms with Gasteiger partial charge in [0.15, 0.2) is 11.6 Å². The molecule has 0 aliphatic carbocycles. The van der Waals surface area contributed by atoms with Crippen molar-refractivity contribution < 1.29 is 14.6 Å². The minimum atomic E-state index is -0.415. The van der Waals surface area contributed by atoms with Crippen molar-refractivity contribution in [2.45, 2.75) is 13.0 Å². The number of phenolic OH excluding ortho intramolecular Hbond substituents is 1. The van der Waals surface area contributed by atoms with Crippen molar-refractivity contribution in [2.24, 2.45) is 5.73 Å². The van der Waals surface area contributed by atoms with E-state index in [0.29, 0.717) is 4.47 Å². The van der Waals surface area contributed by atoms with Gasteiger partial charge in [0.1, 0.15) is 19.7 Å². The Hall–Kier alpha value is -1.96. The maximum atomic E-state index is 12.5. The predicted molar refractivity (Wildman–Crippen MR) is 82.8 cm³/mol. The second-order valence-corrected chi connectivity index (χ2v) is 5.47. The van der Waals surface area contributed by atoms with Crippen molar-refractivity contribution in [2.75, 3.05) is 6.54 Å². The van der Waals surface area contributed by atoms with Crippen molar-refractivity contribution in [3.05, 3.63) is 34.1 Å². The first kappa shape index (κ1) is 15.4. The summed E-state index contributed by atoms with van der Waals surface area (Å²) in [7, 11) is 5.64. The van der Waals surface area contributed by atoms with Crippen LogP contribution < -0.4 is 11.2 Å². The van der Waals surface area contributed by atoms with Gasteiger partial charge in [0.05, 0.1) is 11.0 Å². The molecule has 1 saturated heterocycles. The number of ether oxygens (including phenoxy) is 1. The molecular weight excluding hydrogens is 337 g/mol. The zero-order chi connectivity index (χ0) is 15.7. The molecule has 6 nitrogen and oxygen atoms in total. The highest BCUT2D eigenvalue weighted by Crippen LogP contribution is 2.24. The molecule has 0 aromatic heterocycles. The number of halogens is 1. The van der Waals surface area contributed by atoms with Gasteiger partial charge >= 0.3 is 0 Å². The summed E-state index contributed by atoms with van der Waals surface area (Å²) in [5, 5.41) is 17.6. The molecule has 1 heterocycles. The number of aromatic hydroxyl groups is 1. The summed E-state index contributed by atoms with van der Waals surface area (Å²) < 4.78 is 5.69. The summed E-state index contributed by atoms with van der Waals surface area (Å²) in [6, 6.07) is 2.81. The molecule has 2 radical (unpaired) electrons. The molecule has 1 aliphatic heterocycles. The molecule has 1 amide bonds. The molecule has 1 fully saturated rings. The molecule has 8 heteroatoms. The van der Waals surface area contributed by atoms with E-state index >= 15 is 0 Å². The molecule has 0 bridgehead atoms. The first-order valence-corrected chi connectivity index (χ1v) is 6.91. The highest BCUT2D eigenvalue weighted by molar-refractivity contribution is 9.10. The first-order valence-electron chi connectivity index (χ1n) is 6.12. The number of benzene rings is 1. The Morgan fingerprint density at radius 2 is 2.33 bits per heavy atom. The van der Waals surface area contributed by atoms with E-state index in [9.17, 15) is 9.90 Å². The second-order valence-electron chi connectivity index (χ2n) is 4.62. The average Bonchev–Trinajstić information content (AvgIpc) is 2.45. The van der Waals surface area contributed by atoms with Crippen LogP contribution in [0.1, 0.15) is 17.3 Å². The van der Waals surface area contributed by atoms with E-state index in [-0.39, 0.29) is 41.0 Å². The lowest BCUT2D eigenvalue weighted by Gasteiger charge is -2.33. The fourth-order valence-corrected chi connectivity index (χ4v) is 2.47. The van der Waals surface area contributed by atoms with E-state index in [4.69, 9.17) is 23.7 Å². The predicted octanol–water partition coefficient (Wildman–Crippen LogP) is 0.587. The number of nitrogens with one attached hydrogen (secondary N) is 1. The lowest BCUT2D eigenvalue weighted by atomic mass is 9.92. The van der Waals surface area contributed by atoms with E-state index in [2.05, 4.69) is 15.9 Å². The quantitative estimate of drug-likeness (QED) is 0.646. The van der Waals surface area contributed by atoms with Gasteiger partial charge in [0, 0.05) is 11.8 Å². The lowest BCUT2D eigenvalue weighted by Crippen LogP contribution is -2.47. The van der Waals surface area contributed by atoms with Gasteiger partial charge in [-0.05, 0) is 28.9 Å². The van der Waals surface area contributed by atoms with Gasteiger partial charge in [0.2, 0.25) is 0 Å². The Kier molecular flexibility index (Phi) is 4.27. The topological polar surface area (TPSA) is 99.6 Å². The standard InChI is InChI=1S/C13H13BBrN3O3/c1-6-5-18(12(17)10(4-16)21-6)13(20)7-2-8(14)11(19)9(15)3-7/h2-4,6,17,19H,5,16H2,1H3/t6-/m0/s1. The second kappa shape index (κ2) is 5.81. The third-order valence-electron chi connectivity index (χ3n) is 3.01. The number of amides is 1. The van der Waals surface area contributed by atoms with E-state index in [1.807, 2.05) is 0 Å². The van der Waals surface area contributed by atoms with Gasteiger partial charge in [-0.15, -0.1) is 0 Å². The number of hydrogen-bond donors (Lipinski definition) is 3. The highest BCUT2D eigenvalue weighted by Gasteiger charge is 2.31. The number of hydrogen-bond acceptors (Lipinski definition) is 5. The van der Waals surface area contributed by atoms with Gasteiger partial charge in [-0.1, -0.05) is 11.5 Å². The summed E-state index contributed by atoms with van der Waals surface area (Å²) in [5.74, 6) is -0.502. The number of carbonyl (C=O) groups excluding carboxylic acids is 1. The molecule has 21 heavy (non-hydrogen) atoms. The van der Waals surface area contributed by atoms with Gasteiger partial charge in [-0.25, -0.2) is 0 Å². The minimum absolute atomic E-state index is 0.0788. The molecule has 0 saturated carbocycles. The Morgan fingerprint density at radius 1 is 1.67 bits per heavy atom. The molecule has 108 valence electrons. The fraction of sp³-hybridized carbons (Fsp3) is 0.231. The van der Waals surface area contributed by atoms with Crippen LogP contribution in [0.4, 0.5) is 0 Å². The number of carbonyl (C=O) groups is 1. The molecule has 0 unspecified atom stereocenters. The third-order valence-corrected chi connectivity index (χ3v) is 3.61. The largest absolute Gasteiger partial charge is 0.507 e. The smallest absolute Gasteiger partial charge is 0.259 e. The maximum absolute atomic E-state index is 12.5. The lowest BCUT2D eigenvalue weighted by molar-refractivity contribution is 0.0623. The summed E-state index contributed by atoms with van der Waals surface area (Å²) in [4.78, 5) is 13.8.